The fourth-order valence-electron chi connectivity index (χ4n) is 0.741. The molecule has 9 heavy (non-hydrogen) atoms. The summed E-state index contributed by atoms with van der Waals surface area (Å²) in [5, 5.41) is 0. The Hall–Kier alpha value is -1.04. The molecular weight excluding hydrogens is 108 g/mol. The molecule has 0 aliphatic carbocycles. The van der Waals surface area contributed by atoms with Gasteiger partial charge in [0.1, 0.15) is 0 Å². The number of hydrogen-bond donors (Lipinski definition) is 0. The normalized spacial score (nSPS) is 9.00. The highest BCUT2D eigenvalue weighted by Crippen LogP contribution is 2.06. The summed E-state index contributed by atoms with van der Waals surface area (Å²) in [5.74, 6) is 0. The lowest BCUT2D eigenvalue weighted by Crippen LogP contribution is -1.75. The Bertz CT molecular complexity index is 211. The predicted molar refractivity (Wildman–Crippen MR) is 40.1 cm³/mol. The van der Waals surface area contributed by atoms with Gasteiger partial charge in [0, 0.05) is 0 Å². The third-order valence-corrected chi connectivity index (χ3v) is 1.34. The molecule has 0 N–H and O–H groups in total. The summed E-state index contributed by atoms with van der Waals surface area (Å²) in [7, 11) is 0. The van der Waals surface area contributed by atoms with Crippen molar-refractivity contribution in [3.05, 3.63) is 42.0 Å². The maximum atomic E-state index is 3.67. The first-order valence-electron chi connectivity index (χ1n) is 2.93. The molecule has 1 aromatic rings. The topological polar surface area (TPSA) is 0 Å². The number of hydrogen-bond acceptors (Lipinski definition) is 0. The van der Waals surface area contributed by atoms with Gasteiger partial charge in [0.15, 0.2) is 0 Å². The molecule has 45 valence electrons. The van der Waals surface area contributed by atoms with E-state index in [-0.39, 0.29) is 0 Å². The molecule has 0 unspecified atom stereocenters. The largest absolute Gasteiger partial charge is 0.0985 e. The third kappa shape index (κ3) is 1.20. The molecule has 0 nitrogen and oxygen atoms in total. The van der Waals surface area contributed by atoms with Crippen LogP contribution in [0, 0.1) is 13.0 Å². The third-order valence-electron chi connectivity index (χ3n) is 1.34. The average Bonchev–Trinajstić information content (AvgIpc) is 1.89. The summed E-state index contributed by atoms with van der Waals surface area (Å²) in [4.78, 5) is 0. The fraction of sp³-hybridized carbons (Fsp3) is 0.111. The van der Waals surface area contributed by atoms with E-state index in [9.17, 15) is 0 Å². The SMILES string of the molecule is C=Cc1c[c]ccc1C. The Balaban J connectivity index is 3.15. The molecule has 0 saturated carbocycles. The van der Waals surface area contributed by atoms with Gasteiger partial charge >= 0.3 is 0 Å². The number of benzene rings is 1. The molecule has 0 aliphatic rings. The van der Waals surface area contributed by atoms with E-state index in [4.69, 9.17) is 0 Å². The Morgan fingerprint density at radius 1 is 1.67 bits per heavy atom. The van der Waals surface area contributed by atoms with Gasteiger partial charge in [-0.25, -0.2) is 0 Å². The van der Waals surface area contributed by atoms with E-state index in [0.717, 1.165) is 5.56 Å². The zero-order valence-electron chi connectivity index (χ0n) is 5.52. The Morgan fingerprint density at radius 2 is 2.44 bits per heavy atom. The van der Waals surface area contributed by atoms with E-state index in [1.807, 2.05) is 24.3 Å². The van der Waals surface area contributed by atoms with Crippen LogP contribution in [0.25, 0.3) is 6.08 Å². The highest BCUT2D eigenvalue weighted by atomic mass is 13.9. The Labute approximate surface area is 55.8 Å². The van der Waals surface area contributed by atoms with E-state index in [1.54, 1.807) is 0 Å². The second kappa shape index (κ2) is 2.49. The van der Waals surface area contributed by atoms with Crippen LogP contribution in [0.5, 0.6) is 0 Å². The minimum Gasteiger partial charge on any atom is -0.0985 e. The van der Waals surface area contributed by atoms with E-state index in [1.165, 1.54) is 5.56 Å². The Kier molecular flexibility index (Phi) is 1.69. The van der Waals surface area contributed by atoms with Crippen molar-refractivity contribution in [1.29, 1.82) is 0 Å². The second-order valence-electron chi connectivity index (χ2n) is 1.99. The second-order valence-corrected chi connectivity index (χ2v) is 1.99. The van der Waals surface area contributed by atoms with Gasteiger partial charge in [0.25, 0.3) is 0 Å². The first-order valence-corrected chi connectivity index (χ1v) is 2.93. The highest BCUT2D eigenvalue weighted by molar-refractivity contribution is 5.50. The van der Waals surface area contributed by atoms with Crippen LogP contribution >= 0.6 is 0 Å². The summed E-state index contributed by atoms with van der Waals surface area (Å²) in [6, 6.07) is 8.84. The quantitative estimate of drug-likeness (QED) is 0.530. The van der Waals surface area contributed by atoms with Crippen LogP contribution in [0.2, 0.25) is 0 Å². The van der Waals surface area contributed by atoms with Gasteiger partial charge in [-0.1, -0.05) is 24.8 Å². The van der Waals surface area contributed by atoms with Crippen molar-refractivity contribution < 1.29 is 0 Å². The summed E-state index contributed by atoms with van der Waals surface area (Å²) in [5.41, 5.74) is 2.42. The van der Waals surface area contributed by atoms with Crippen molar-refractivity contribution in [3.63, 3.8) is 0 Å². The molecular formula is C9H9. The lowest BCUT2D eigenvalue weighted by molar-refractivity contribution is 1.44. The van der Waals surface area contributed by atoms with E-state index in [2.05, 4.69) is 19.6 Å². The standard InChI is InChI=1S/C9H9/c1-3-9-7-5-4-6-8(9)2/h3-4,6-7H,1H2,2H3. The maximum absolute atomic E-state index is 3.67. The highest BCUT2D eigenvalue weighted by Gasteiger charge is 1.87. The fourth-order valence-corrected chi connectivity index (χ4v) is 0.741. The van der Waals surface area contributed by atoms with Crippen LogP contribution in [0.3, 0.4) is 0 Å². The van der Waals surface area contributed by atoms with Gasteiger partial charge in [-0.3, -0.25) is 0 Å². The van der Waals surface area contributed by atoms with Crippen molar-refractivity contribution in [3.8, 4) is 0 Å². The summed E-state index contributed by atoms with van der Waals surface area (Å²) in [6.07, 6.45) is 1.84. The van der Waals surface area contributed by atoms with E-state index < -0.39 is 0 Å². The van der Waals surface area contributed by atoms with Crippen molar-refractivity contribution in [2.75, 3.05) is 0 Å². The van der Waals surface area contributed by atoms with Crippen molar-refractivity contribution in [2.45, 2.75) is 6.92 Å². The van der Waals surface area contributed by atoms with Crippen molar-refractivity contribution in [1.82, 2.24) is 0 Å². The molecule has 0 bridgehead atoms. The van der Waals surface area contributed by atoms with Gasteiger partial charge in [-0.2, -0.15) is 0 Å². The molecule has 0 saturated heterocycles. The zero-order valence-corrected chi connectivity index (χ0v) is 5.52. The zero-order chi connectivity index (χ0) is 6.69. The average molecular weight is 117 g/mol. The smallest absolute Gasteiger partial charge is 0.0178 e. The molecule has 0 amide bonds. The van der Waals surface area contributed by atoms with Crippen molar-refractivity contribution >= 4 is 6.08 Å². The lowest BCUT2D eigenvalue weighted by atomic mass is 10.1. The molecule has 0 heterocycles. The molecule has 0 fully saturated rings. The lowest BCUT2D eigenvalue weighted by Gasteiger charge is -1.94. The van der Waals surface area contributed by atoms with Gasteiger partial charge in [-0.05, 0) is 30.2 Å². The maximum Gasteiger partial charge on any atom is -0.0178 e. The van der Waals surface area contributed by atoms with Gasteiger partial charge in [0.2, 0.25) is 0 Å². The van der Waals surface area contributed by atoms with Crippen LogP contribution in [-0.2, 0) is 0 Å². The van der Waals surface area contributed by atoms with Gasteiger partial charge in [-0.15, -0.1) is 0 Å². The first-order chi connectivity index (χ1) is 4.34. The van der Waals surface area contributed by atoms with Crippen LogP contribution in [0.1, 0.15) is 11.1 Å². The minimum absolute atomic E-state index is 1.16. The molecule has 0 heteroatoms. The first kappa shape index (κ1) is 6.09. The monoisotopic (exact) mass is 117 g/mol. The van der Waals surface area contributed by atoms with Gasteiger partial charge < -0.3 is 0 Å². The van der Waals surface area contributed by atoms with Crippen LogP contribution in [-0.4, -0.2) is 0 Å². The molecule has 1 aromatic carbocycles. The van der Waals surface area contributed by atoms with Crippen LogP contribution in [0.4, 0.5) is 0 Å². The molecule has 0 aromatic heterocycles. The van der Waals surface area contributed by atoms with Crippen molar-refractivity contribution in [2.24, 2.45) is 0 Å². The summed E-state index contributed by atoms with van der Waals surface area (Å²) in [6.45, 7) is 5.73. The van der Waals surface area contributed by atoms with E-state index in [0.29, 0.717) is 0 Å². The predicted octanol–water partition coefficient (Wildman–Crippen LogP) is 2.44. The molecule has 1 rings (SSSR count). The summed E-state index contributed by atoms with van der Waals surface area (Å²) >= 11 is 0. The van der Waals surface area contributed by atoms with Gasteiger partial charge in [0.05, 0.1) is 0 Å². The number of aryl methyl sites for hydroxylation is 1. The molecule has 0 spiro atoms. The Morgan fingerprint density at radius 3 is 2.89 bits per heavy atom. The summed E-state index contributed by atoms with van der Waals surface area (Å²) < 4.78 is 0. The molecule has 0 aliphatic heterocycles. The van der Waals surface area contributed by atoms with Crippen LogP contribution < -0.4 is 0 Å². The van der Waals surface area contributed by atoms with Crippen LogP contribution in [0.15, 0.2) is 24.8 Å². The van der Waals surface area contributed by atoms with E-state index >= 15 is 0 Å². The number of rotatable bonds is 1. The molecule has 0 atom stereocenters. The minimum atomic E-state index is 1.16. The molecule has 1 radical (unpaired) electrons.